The van der Waals surface area contributed by atoms with E-state index in [9.17, 15) is 4.79 Å². The van der Waals surface area contributed by atoms with Crippen molar-refractivity contribution < 1.29 is 9.21 Å². The zero-order valence-corrected chi connectivity index (χ0v) is 15.5. The fraction of sp³-hybridized carbons (Fsp3) is 0.429. The highest BCUT2D eigenvalue weighted by molar-refractivity contribution is 5.79. The first-order chi connectivity index (χ1) is 13.3. The first kappa shape index (κ1) is 17.8. The number of piperidine rings is 1. The van der Waals surface area contributed by atoms with Crippen LogP contribution in [0.4, 0.5) is 0 Å². The minimum Gasteiger partial charge on any atom is -0.468 e. The van der Waals surface area contributed by atoms with Crippen LogP contribution in [0.3, 0.4) is 0 Å². The predicted octanol–water partition coefficient (Wildman–Crippen LogP) is 3.12. The summed E-state index contributed by atoms with van der Waals surface area (Å²) < 4.78 is 5.42. The van der Waals surface area contributed by atoms with Gasteiger partial charge in [-0.1, -0.05) is 12.1 Å². The van der Waals surface area contributed by atoms with Crippen molar-refractivity contribution in [3.8, 4) is 0 Å². The number of imidazole rings is 1. The molecule has 1 saturated heterocycles. The molecule has 4 rings (SSSR count). The van der Waals surface area contributed by atoms with E-state index in [0.717, 1.165) is 67.9 Å². The van der Waals surface area contributed by atoms with Gasteiger partial charge in [0.2, 0.25) is 5.91 Å². The molecule has 0 saturated carbocycles. The molecule has 1 atom stereocenters. The van der Waals surface area contributed by atoms with Gasteiger partial charge in [-0.3, -0.25) is 9.69 Å². The topological polar surface area (TPSA) is 74.2 Å². The molecule has 1 aliphatic rings. The summed E-state index contributed by atoms with van der Waals surface area (Å²) >= 11 is 0. The molecule has 1 aliphatic heterocycles. The minimum absolute atomic E-state index is 0.0694. The number of aromatic nitrogens is 2. The lowest BCUT2D eigenvalue weighted by Crippen LogP contribution is -2.42. The number of aromatic amines is 1. The number of nitrogens with one attached hydrogen (secondary N) is 2. The number of aryl methyl sites for hydroxylation is 1. The monoisotopic (exact) mass is 366 g/mol. The van der Waals surface area contributed by atoms with Gasteiger partial charge in [-0.2, -0.15) is 0 Å². The van der Waals surface area contributed by atoms with Crippen LogP contribution in [0.25, 0.3) is 11.0 Å². The van der Waals surface area contributed by atoms with Crippen LogP contribution >= 0.6 is 0 Å². The number of H-pyrrole nitrogens is 1. The number of carbonyl (C=O) groups excluding carboxylic acids is 1. The lowest BCUT2D eigenvalue weighted by atomic mass is 9.97. The van der Waals surface area contributed by atoms with Gasteiger partial charge in [0, 0.05) is 19.5 Å². The second-order valence-electron chi connectivity index (χ2n) is 7.25. The average molecular weight is 366 g/mol. The smallest absolute Gasteiger partial charge is 0.224 e. The summed E-state index contributed by atoms with van der Waals surface area (Å²) in [5.74, 6) is 2.18. The highest BCUT2D eigenvalue weighted by Gasteiger charge is 2.25. The van der Waals surface area contributed by atoms with E-state index in [4.69, 9.17) is 4.42 Å². The maximum absolute atomic E-state index is 12.5. The van der Waals surface area contributed by atoms with Crippen LogP contribution in [0.15, 0.2) is 47.1 Å². The molecule has 1 amide bonds. The normalized spacial score (nSPS) is 18.0. The van der Waals surface area contributed by atoms with Crippen LogP contribution in [0.2, 0.25) is 0 Å². The van der Waals surface area contributed by atoms with Gasteiger partial charge < -0.3 is 14.7 Å². The molecule has 142 valence electrons. The summed E-state index contributed by atoms with van der Waals surface area (Å²) in [6.45, 7) is 3.29. The Kier molecular flexibility index (Phi) is 5.53. The van der Waals surface area contributed by atoms with E-state index in [-0.39, 0.29) is 11.8 Å². The molecule has 0 aliphatic carbocycles. The Balaban J connectivity index is 1.20. The molecule has 3 heterocycles. The highest BCUT2D eigenvalue weighted by atomic mass is 16.3. The number of fused-ring (bicyclic) bond motifs is 1. The van der Waals surface area contributed by atoms with Crippen molar-refractivity contribution in [3.63, 3.8) is 0 Å². The van der Waals surface area contributed by atoms with E-state index < -0.39 is 0 Å². The van der Waals surface area contributed by atoms with Gasteiger partial charge in [-0.15, -0.1) is 0 Å². The van der Waals surface area contributed by atoms with Crippen LogP contribution in [0.1, 0.15) is 30.8 Å². The maximum Gasteiger partial charge on any atom is 0.224 e. The summed E-state index contributed by atoms with van der Waals surface area (Å²) in [6, 6.07) is 11.9. The van der Waals surface area contributed by atoms with Crippen molar-refractivity contribution in [3.05, 3.63) is 54.2 Å². The minimum atomic E-state index is 0.0694. The van der Waals surface area contributed by atoms with Crippen molar-refractivity contribution in [1.82, 2.24) is 20.2 Å². The summed E-state index contributed by atoms with van der Waals surface area (Å²) in [6.07, 6.45) is 5.44. The quantitative estimate of drug-likeness (QED) is 0.630. The molecule has 2 aromatic heterocycles. The zero-order valence-electron chi connectivity index (χ0n) is 15.5. The Morgan fingerprint density at radius 3 is 3.07 bits per heavy atom. The zero-order chi connectivity index (χ0) is 18.5. The van der Waals surface area contributed by atoms with Crippen LogP contribution < -0.4 is 5.32 Å². The molecule has 6 heteroatoms. The first-order valence-corrected chi connectivity index (χ1v) is 9.74. The van der Waals surface area contributed by atoms with Gasteiger partial charge in [0.1, 0.15) is 11.6 Å². The molecule has 3 aromatic rings. The van der Waals surface area contributed by atoms with Gasteiger partial charge in [0.25, 0.3) is 0 Å². The fourth-order valence-corrected chi connectivity index (χ4v) is 3.77. The van der Waals surface area contributed by atoms with E-state index in [0.29, 0.717) is 6.54 Å². The number of benzene rings is 1. The number of furan rings is 1. The van der Waals surface area contributed by atoms with Crippen LogP contribution in [-0.2, 0) is 17.8 Å². The second kappa shape index (κ2) is 8.39. The molecule has 2 N–H and O–H groups in total. The van der Waals surface area contributed by atoms with Crippen molar-refractivity contribution in [2.24, 2.45) is 5.92 Å². The van der Waals surface area contributed by atoms with Crippen molar-refractivity contribution in [2.45, 2.75) is 32.2 Å². The number of likely N-dealkylation sites (tertiary alicyclic amines) is 1. The molecular weight excluding hydrogens is 340 g/mol. The predicted molar refractivity (Wildman–Crippen MR) is 104 cm³/mol. The van der Waals surface area contributed by atoms with Gasteiger partial charge in [0.05, 0.1) is 29.8 Å². The number of nitrogens with zero attached hydrogens (tertiary/aromatic N) is 2. The van der Waals surface area contributed by atoms with E-state index in [1.54, 1.807) is 6.26 Å². The molecule has 0 unspecified atom stereocenters. The Morgan fingerprint density at radius 1 is 1.30 bits per heavy atom. The van der Waals surface area contributed by atoms with Crippen molar-refractivity contribution in [1.29, 1.82) is 0 Å². The van der Waals surface area contributed by atoms with Crippen molar-refractivity contribution in [2.75, 3.05) is 19.6 Å². The first-order valence-electron chi connectivity index (χ1n) is 9.74. The van der Waals surface area contributed by atoms with E-state index >= 15 is 0 Å². The Hall–Kier alpha value is -2.60. The number of amides is 1. The van der Waals surface area contributed by atoms with E-state index in [2.05, 4.69) is 20.2 Å². The fourth-order valence-electron chi connectivity index (χ4n) is 3.77. The third-order valence-corrected chi connectivity index (χ3v) is 5.16. The molecule has 6 nitrogen and oxygen atoms in total. The number of para-hydroxylation sites is 2. The van der Waals surface area contributed by atoms with E-state index in [1.807, 2.05) is 36.4 Å². The third kappa shape index (κ3) is 4.57. The lowest BCUT2D eigenvalue weighted by Gasteiger charge is -2.31. The van der Waals surface area contributed by atoms with Crippen LogP contribution in [0, 0.1) is 5.92 Å². The van der Waals surface area contributed by atoms with Gasteiger partial charge in [0.15, 0.2) is 0 Å². The molecule has 1 aromatic carbocycles. The van der Waals surface area contributed by atoms with Crippen molar-refractivity contribution >= 4 is 16.9 Å². The van der Waals surface area contributed by atoms with Crippen LogP contribution in [-0.4, -0.2) is 40.4 Å². The SMILES string of the molecule is O=C(NCCCc1nc2ccccc2[nH]1)[C@@H]1CCCN(Cc2ccco2)C1. The summed E-state index contributed by atoms with van der Waals surface area (Å²) in [7, 11) is 0. The molecule has 1 fully saturated rings. The summed E-state index contributed by atoms with van der Waals surface area (Å²) in [4.78, 5) is 22.7. The molecule has 0 bridgehead atoms. The maximum atomic E-state index is 12.5. The number of rotatable bonds is 7. The Labute approximate surface area is 159 Å². The third-order valence-electron chi connectivity index (χ3n) is 5.16. The standard InChI is InChI=1S/C21H26N4O2/c26-21(16-6-4-12-25(14-16)15-17-7-5-13-27-17)22-11-3-10-20-23-18-8-1-2-9-19(18)24-20/h1-2,5,7-9,13,16H,3-4,6,10-12,14-15H2,(H,22,26)(H,23,24)/t16-/m1/s1. The Morgan fingerprint density at radius 2 is 2.22 bits per heavy atom. The average Bonchev–Trinajstić information content (AvgIpc) is 3.34. The molecule has 0 radical (unpaired) electrons. The highest BCUT2D eigenvalue weighted by Crippen LogP contribution is 2.19. The Bertz CT molecular complexity index is 838. The number of carbonyl (C=O) groups is 1. The summed E-state index contributed by atoms with van der Waals surface area (Å²) in [5.41, 5.74) is 2.06. The summed E-state index contributed by atoms with van der Waals surface area (Å²) in [5, 5.41) is 3.11. The molecule has 0 spiro atoms. The molecular formula is C21H26N4O2. The second-order valence-corrected chi connectivity index (χ2v) is 7.25. The van der Waals surface area contributed by atoms with Gasteiger partial charge in [-0.05, 0) is 50.1 Å². The lowest BCUT2D eigenvalue weighted by molar-refractivity contribution is -0.126. The molecule has 27 heavy (non-hydrogen) atoms. The van der Waals surface area contributed by atoms with E-state index in [1.165, 1.54) is 0 Å². The van der Waals surface area contributed by atoms with Gasteiger partial charge >= 0.3 is 0 Å². The van der Waals surface area contributed by atoms with Crippen LogP contribution in [0.5, 0.6) is 0 Å². The number of hydrogen-bond acceptors (Lipinski definition) is 4. The number of hydrogen-bond donors (Lipinski definition) is 2. The largest absolute Gasteiger partial charge is 0.468 e. The van der Waals surface area contributed by atoms with Gasteiger partial charge in [-0.25, -0.2) is 4.98 Å².